The minimum atomic E-state index is -0.409. The molecule has 0 radical (unpaired) electrons. The van der Waals surface area contributed by atoms with Crippen LogP contribution in [0.25, 0.3) is 0 Å². The summed E-state index contributed by atoms with van der Waals surface area (Å²) in [4.78, 5) is 41.3. The van der Waals surface area contributed by atoms with Gasteiger partial charge in [-0.15, -0.1) is 0 Å². The molecule has 0 saturated heterocycles. The van der Waals surface area contributed by atoms with E-state index in [1.165, 1.54) is 25.7 Å². The molecule has 2 aliphatic rings. The van der Waals surface area contributed by atoms with Crippen LogP contribution in [0.1, 0.15) is 80.8 Å². The van der Waals surface area contributed by atoms with Crippen molar-refractivity contribution in [2.24, 2.45) is 17.1 Å². The summed E-state index contributed by atoms with van der Waals surface area (Å²) in [7, 11) is 0. The van der Waals surface area contributed by atoms with Crippen LogP contribution in [0.5, 0.6) is 0 Å². The summed E-state index contributed by atoms with van der Waals surface area (Å²) in [5.74, 6) is 0.184. The van der Waals surface area contributed by atoms with E-state index in [0.717, 1.165) is 12.0 Å². The van der Waals surface area contributed by atoms with E-state index >= 15 is 0 Å². The molecule has 1 unspecified atom stereocenters. The van der Waals surface area contributed by atoms with Crippen LogP contribution in [0, 0.1) is 11.3 Å². The molecule has 1 fully saturated rings. The topological polar surface area (TPSA) is 105 Å². The Morgan fingerprint density at radius 1 is 1.11 bits per heavy atom. The molecule has 192 valence electrons. The number of rotatable bonds is 8. The largest absolute Gasteiger partial charge is 0.351 e. The lowest BCUT2D eigenvalue weighted by molar-refractivity contribution is -0.119. The molecule has 2 aromatic rings. The van der Waals surface area contributed by atoms with E-state index in [1.807, 2.05) is 44.2 Å². The van der Waals surface area contributed by atoms with Gasteiger partial charge in [0.15, 0.2) is 0 Å². The SMILES string of the molecule is CC(C)(CN)CNC(=O)c1ccc2c(c1)NC(=O)CC(c1ccccc1)N2C(=O)CCC1CCCC1. The number of anilines is 2. The number of amides is 3. The van der Waals surface area contributed by atoms with Gasteiger partial charge < -0.3 is 21.3 Å². The summed E-state index contributed by atoms with van der Waals surface area (Å²) < 4.78 is 0. The van der Waals surface area contributed by atoms with Crippen molar-refractivity contribution in [2.45, 2.75) is 64.8 Å². The Labute approximate surface area is 213 Å². The molecular weight excluding hydrogens is 452 g/mol. The van der Waals surface area contributed by atoms with Crippen LogP contribution in [0.4, 0.5) is 11.4 Å². The normalized spacial score (nSPS) is 18.4. The fraction of sp³-hybridized carbons (Fsp3) is 0.483. The third kappa shape index (κ3) is 6.13. The van der Waals surface area contributed by atoms with Crippen molar-refractivity contribution in [3.05, 3.63) is 59.7 Å². The Morgan fingerprint density at radius 2 is 1.83 bits per heavy atom. The van der Waals surface area contributed by atoms with E-state index in [2.05, 4.69) is 10.6 Å². The molecule has 2 aromatic carbocycles. The predicted molar refractivity (Wildman–Crippen MR) is 143 cm³/mol. The van der Waals surface area contributed by atoms with Gasteiger partial charge in [-0.25, -0.2) is 0 Å². The molecule has 36 heavy (non-hydrogen) atoms. The number of benzene rings is 2. The maximum Gasteiger partial charge on any atom is 0.251 e. The standard InChI is InChI=1S/C29H38N4O3/c1-29(2,18-30)19-31-28(36)22-13-14-24-23(16-22)32-26(34)17-25(21-10-4-3-5-11-21)33(24)27(35)15-12-20-8-6-7-9-20/h3-5,10-11,13-14,16,20,25H,6-9,12,15,17-19,30H2,1-2H3,(H,31,36)(H,32,34). The van der Waals surface area contributed by atoms with Crippen LogP contribution < -0.4 is 21.3 Å². The van der Waals surface area contributed by atoms with Gasteiger partial charge in [-0.2, -0.15) is 0 Å². The lowest BCUT2D eigenvalue weighted by atomic mass is 9.94. The highest BCUT2D eigenvalue weighted by Crippen LogP contribution is 2.40. The Morgan fingerprint density at radius 3 is 2.53 bits per heavy atom. The third-order valence-corrected chi connectivity index (χ3v) is 7.46. The molecule has 1 atom stereocenters. The highest BCUT2D eigenvalue weighted by molar-refractivity contribution is 6.06. The van der Waals surface area contributed by atoms with Gasteiger partial charge in [0.1, 0.15) is 0 Å². The summed E-state index contributed by atoms with van der Waals surface area (Å²) in [5, 5.41) is 5.88. The van der Waals surface area contributed by atoms with Gasteiger partial charge >= 0.3 is 0 Å². The van der Waals surface area contributed by atoms with E-state index in [9.17, 15) is 14.4 Å². The fourth-order valence-electron chi connectivity index (χ4n) is 5.11. The number of fused-ring (bicyclic) bond motifs is 1. The van der Waals surface area contributed by atoms with E-state index in [0.29, 0.717) is 42.4 Å². The zero-order valence-corrected chi connectivity index (χ0v) is 21.4. The minimum absolute atomic E-state index is 0.00963. The molecule has 7 heteroatoms. The number of hydrogen-bond donors (Lipinski definition) is 3. The summed E-state index contributed by atoms with van der Waals surface area (Å²) in [6.45, 7) is 4.87. The monoisotopic (exact) mass is 490 g/mol. The number of nitrogens with zero attached hydrogens (tertiary/aromatic N) is 1. The molecule has 1 heterocycles. The van der Waals surface area contributed by atoms with Crippen molar-refractivity contribution in [3.63, 3.8) is 0 Å². The fourth-order valence-corrected chi connectivity index (χ4v) is 5.11. The van der Waals surface area contributed by atoms with Gasteiger partial charge in [-0.3, -0.25) is 14.4 Å². The molecule has 0 bridgehead atoms. The number of carbonyl (C=O) groups is 3. The molecule has 7 nitrogen and oxygen atoms in total. The zero-order valence-electron chi connectivity index (χ0n) is 21.4. The Kier molecular flexibility index (Phi) is 8.09. The number of hydrogen-bond acceptors (Lipinski definition) is 4. The van der Waals surface area contributed by atoms with Crippen molar-refractivity contribution in [1.29, 1.82) is 0 Å². The second kappa shape index (κ2) is 11.2. The van der Waals surface area contributed by atoms with Crippen LogP contribution in [0.15, 0.2) is 48.5 Å². The van der Waals surface area contributed by atoms with Crippen LogP contribution in [0.3, 0.4) is 0 Å². The second-order valence-corrected chi connectivity index (χ2v) is 10.9. The lowest BCUT2D eigenvalue weighted by Crippen LogP contribution is -2.38. The molecule has 4 rings (SSSR count). The first-order chi connectivity index (χ1) is 17.3. The molecule has 0 aromatic heterocycles. The molecule has 1 aliphatic heterocycles. The highest BCUT2D eigenvalue weighted by atomic mass is 16.2. The summed E-state index contributed by atoms with van der Waals surface area (Å²) >= 11 is 0. The predicted octanol–water partition coefficient (Wildman–Crippen LogP) is 4.79. The minimum Gasteiger partial charge on any atom is -0.351 e. The Bertz CT molecular complexity index is 1090. The maximum absolute atomic E-state index is 13.7. The van der Waals surface area contributed by atoms with Crippen molar-refractivity contribution in [1.82, 2.24) is 5.32 Å². The first kappa shape index (κ1) is 25.9. The number of nitrogens with one attached hydrogen (secondary N) is 2. The van der Waals surface area contributed by atoms with Gasteiger partial charge in [-0.1, -0.05) is 69.9 Å². The van der Waals surface area contributed by atoms with Gasteiger partial charge in [0.05, 0.1) is 23.8 Å². The third-order valence-electron chi connectivity index (χ3n) is 7.46. The first-order valence-corrected chi connectivity index (χ1v) is 13.1. The summed E-state index contributed by atoms with van der Waals surface area (Å²) in [6.07, 6.45) is 6.31. The van der Waals surface area contributed by atoms with Crippen LogP contribution in [-0.4, -0.2) is 30.8 Å². The van der Waals surface area contributed by atoms with E-state index in [-0.39, 0.29) is 29.6 Å². The second-order valence-electron chi connectivity index (χ2n) is 10.9. The molecule has 4 N–H and O–H groups in total. The van der Waals surface area contributed by atoms with Crippen molar-refractivity contribution < 1.29 is 14.4 Å². The van der Waals surface area contributed by atoms with Crippen LogP contribution >= 0.6 is 0 Å². The van der Waals surface area contributed by atoms with Crippen molar-refractivity contribution in [2.75, 3.05) is 23.3 Å². The van der Waals surface area contributed by atoms with Gasteiger partial charge in [0.2, 0.25) is 11.8 Å². The van der Waals surface area contributed by atoms with Crippen LogP contribution in [-0.2, 0) is 9.59 Å². The average molecular weight is 491 g/mol. The van der Waals surface area contributed by atoms with E-state index < -0.39 is 6.04 Å². The number of nitrogens with two attached hydrogens (primary N) is 1. The van der Waals surface area contributed by atoms with E-state index in [4.69, 9.17) is 5.73 Å². The van der Waals surface area contributed by atoms with Gasteiger partial charge in [-0.05, 0) is 48.1 Å². The number of carbonyl (C=O) groups excluding carboxylic acids is 3. The smallest absolute Gasteiger partial charge is 0.251 e. The summed E-state index contributed by atoms with van der Waals surface area (Å²) in [5.41, 5.74) is 8.03. The molecule has 1 saturated carbocycles. The van der Waals surface area contributed by atoms with Crippen molar-refractivity contribution >= 4 is 29.1 Å². The van der Waals surface area contributed by atoms with Crippen molar-refractivity contribution in [3.8, 4) is 0 Å². The van der Waals surface area contributed by atoms with Crippen LogP contribution in [0.2, 0.25) is 0 Å². The molecular formula is C29H38N4O3. The van der Waals surface area contributed by atoms with Gasteiger partial charge in [0, 0.05) is 18.5 Å². The highest BCUT2D eigenvalue weighted by Gasteiger charge is 2.34. The summed E-state index contributed by atoms with van der Waals surface area (Å²) in [6, 6.07) is 14.5. The molecule has 0 spiro atoms. The lowest BCUT2D eigenvalue weighted by Gasteiger charge is -2.31. The zero-order chi connectivity index (χ0) is 25.7. The quantitative estimate of drug-likeness (QED) is 0.495. The molecule has 1 aliphatic carbocycles. The maximum atomic E-state index is 13.7. The Hall–Kier alpha value is -3.19. The van der Waals surface area contributed by atoms with E-state index in [1.54, 1.807) is 23.1 Å². The Balaban J connectivity index is 1.64. The first-order valence-electron chi connectivity index (χ1n) is 13.1. The molecule has 3 amide bonds. The van der Waals surface area contributed by atoms with Gasteiger partial charge in [0.25, 0.3) is 5.91 Å². The average Bonchev–Trinajstić information content (AvgIpc) is 3.35.